The molecular formula is C37H42N6O5S. The van der Waals surface area contributed by atoms with Gasteiger partial charge in [-0.1, -0.05) is 43.4 Å². The van der Waals surface area contributed by atoms with Crippen LogP contribution in [0.1, 0.15) is 55.5 Å². The molecule has 12 heteroatoms. The second-order valence-corrected chi connectivity index (χ2v) is 13.1. The highest BCUT2D eigenvalue weighted by molar-refractivity contribution is 7.17. The summed E-state index contributed by atoms with van der Waals surface area (Å²) in [5, 5.41) is 20.6. The Balaban J connectivity index is 1.10. The van der Waals surface area contributed by atoms with Crippen molar-refractivity contribution in [3.8, 4) is 22.2 Å². The summed E-state index contributed by atoms with van der Waals surface area (Å²) in [6, 6.07) is 20.8. The number of aliphatic hydroxyl groups excluding tert-OH is 1. The molecule has 3 aromatic carbocycles. The van der Waals surface area contributed by atoms with Crippen LogP contribution in [0.2, 0.25) is 0 Å². The van der Waals surface area contributed by atoms with E-state index in [2.05, 4.69) is 54.8 Å². The van der Waals surface area contributed by atoms with Crippen molar-refractivity contribution in [1.29, 1.82) is 0 Å². The molecule has 0 bridgehead atoms. The van der Waals surface area contributed by atoms with Gasteiger partial charge >= 0.3 is 6.03 Å². The first-order valence-electron chi connectivity index (χ1n) is 16.6. The number of anilines is 2. The number of ether oxygens (including phenoxy) is 2. The number of urea groups is 1. The number of methoxy groups -OCH3 is 1. The van der Waals surface area contributed by atoms with Crippen molar-refractivity contribution >= 4 is 45.0 Å². The van der Waals surface area contributed by atoms with Crippen molar-refractivity contribution in [2.75, 3.05) is 30.8 Å². The van der Waals surface area contributed by atoms with Crippen molar-refractivity contribution in [2.45, 2.75) is 58.2 Å². The van der Waals surface area contributed by atoms with Gasteiger partial charge in [0.2, 0.25) is 5.06 Å². The molecule has 0 saturated carbocycles. The Morgan fingerprint density at radius 3 is 2.49 bits per heavy atom. The molecule has 1 saturated heterocycles. The van der Waals surface area contributed by atoms with Gasteiger partial charge in [-0.3, -0.25) is 15.0 Å². The summed E-state index contributed by atoms with van der Waals surface area (Å²) in [4.78, 5) is 32.4. The summed E-state index contributed by atoms with van der Waals surface area (Å²) in [5.74, 6) is 0.597. The van der Waals surface area contributed by atoms with E-state index in [9.17, 15) is 14.7 Å². The minimum atomic E-state index is -0.290. The van der Waals surface area contributed by atoms with E-state index < -0.39 is 0 Å². The number of para-hydroxylation sites is 1. The van der Waals surface area contributed by atoms with Crippen LogP contribution in [0, 0.1) is 0 Å². The number of fused-ring (bicyclic) bond motifs is 1. The van der Waals surface area contributed by atoms with Crippen LogP contribution in [0.5, 0.6) is 16.6 Å². The van der Waals surface area contributed by atoms with Crippen LogP contribution in [-0.4, -0.2) is 63.8 Å². The number of nitrogens with zero attached hydrogens (tertiary/aromatic N) is 3. The molecule has 1 fully saturated rings. The zero-order valence-corrected chi connectivity index (χ0v) is 28.8. The maximum Gasteiger partial charge on any atom is 0.319 e. The van der Waals surface area contributed by atoms with Gasteiger partial charge in [0.05, 0.1) is 24.9 Å². The van der Waals surface area contributed by atoms with E-state index in [0.29, 0.717) is 32.9 Å². The first-order valence-corrected chi connectivity index (χ1v) is 17.5. The van der Waals surface area contributed by atoms with Gasteiger partial charge in [0.25, 0.3) is 5.91 Å². The topological polar surface area (TPSA) is 130 Å². The van der Waals surface area contributed by atoms with E-state index in [4.69, 9.17) is 9.47 Å². The Labute approximate surface area is 289 Å². The fourth-order valence-corrected chi connectivity index (χ4v) is 6.68. The average Bonchev–Trinajstić information content (AvgIpc) is 3.72. The Morgan fingerprint density at radius 2 is 1.76 bits per heavy atom. The Kier molecular flexibility index (Phi) is 10.8. The summed E-state index contributed by atoms with van der Waals surface area (Å²) in [6.07, 6.45) is 6.80. The average molecular weight is 683 g/mol. The summed E-state index contributed by atoms with van der Waals surface area (Å²) >= 11 is 1.18. The monoisotopic (exact) mass is 682 g/mol. The minimum absolute atomic E-state index is 0.0951. The standard InChI is InChI=1S/C37H42N6O5S/c1-4-26(5-2)39-36(46)40-27-12-15-32(47-3)33(20-27)48-34-21-38-37(49-34)41-35(45)24-10-13-28(14-11-24)43-23-25(30-8-6-7-9-31(30)43)22-42-18-16-29(44)17-19-42/h6-15,20-21,23,26,29,44H,4-5,16-19,22H2,1-3H3,(H,38,41,45)(H2,39,40,46). The van der Waals surface area contributed by atoms with Crippen molar-refractivity contribution in [3.63, 3.8) is 0 Å². The van der Waals surface area contributed by atoms with Crippen LogP contribution in [0.4, 0.5) is 15.6 Å². The van der Waals surface area contributed by atoms with E-state index >= 15 is 0 Å². The number of amides is 3. The number of hydrogen-bond donors (Lipinski definition) is 4. The third-order valence-electron chi connectivity index (χ3n) is 8.81. The number of likely N-dealkylation sites (tertiary alicyclic amines) is 1. The second-order valence-electron chi connectivity index (χ2n) is 12.1. The van der Waals surface area contributed by atoms with Crippen molar-refractivity contribution in [3.05, 3.63) is 90.3 Å². The van der Waals surface area contributed by atoms with E-state index in [1.54, 1.807) is 37.4 Å². The SMILES string of the molecule is CCC(CC)NC(=O)Nc1ccc(OC)c(Oc2cnc(NC(=O)c3ccc(-n4cc(CN5CCC(O)CC5)c5ccccc54)cc3)s2)c1. The van der Waals surface area contributed by atoms with Gasteiger partial charge < -0.3 is 29.8 Å². The smallest absolute Gasteiger partial charge is 0.319 e. The number of nitrogens with one attached hydrogen (secondary N) is 3. The fourth-order valence-electron chi connectivity index (χ4n) is 6.00. The third kappa shape index (κ3) is 8.22. The summed E-state index contributed by atoms with van der Waals surface area (Å²) < 4.78 is 13.7. The number of hydrogen-bond acceptors (Lipinski definition) is 8. The van der Waals surface area contributed by atoms with E-state index in [0.717, 1.165) is 56.5 Å². The van der Waals surface area contributed by atoms with E-state index in [1.165, 1.54) is 28.5 Å². The molecule has 0 unspecified atom stereocenters. The molecule has 0 atom stereocenters. The summed E-state index contributed by atoms with van der Waals surface area (Å²) in [6.45, 7) is 6.65. The lowest BCUT2D eigenvalue weighted by Crippen LogP contribution is -2.37. The lowest BCUT2D eigenvalue weighted by molar-refractivity contribution is 0.0794. The Bertz CT molecular complexity index is 1890. The van der Waals surface area contributed by atoms with E-state index in [1.807, 2.05) is 32.0 Å². The van der Waals surface area contributed by atoms with Crippen LogP contribution >= 0.6 is 11.3 Å². The molecule has 49 heavy (non-hydrogen) atoms. The van der Waals surface area contributed by atoms with Gasteiger partial charge in [0.1, 0.15) is 0 Å². The van der Waals surface area contributed by atoms with Crippen LogP contribution in [0.25, 0.3) is 16.6 Å². The fraction of sp³-hybridized carbons (Fsp3) is 0.324. The van der Waals surface area contributed by atoms with Crippen LogP contribution in [0.15, 0.2) is 79.1 Å². The lowest BCUT2D eigenvalue weighted by Gasteiger charge is -2.29. The molecule has 1 aliphatic rings. The van der Waals surface area contributed by atoms with Crippen LogP contribution in [-0.2, 0) is 6.54 Å². The molecule has 0 spiro atoms. The predicted octanol–water partition coefficient (Wildman–Crippen LogP) is 7.41. The zero-order valence-electron chi connectivity index (χ0n) is 27.9. The number of rotatable bonds is 12. The Morgan fingerprint density at radius 1 is 1.00 bits per heavy atom. The molecule has 3 amide bonds. The van der Waals surface area contributed by atoms with Crippen molar-refractivity contribution in [1.82, 2.24) is 19.8 Å². The largest absolute Gasteiger partial charge is 0.493 e. The number of carbonyl (C=O) groups is 2. The van der Waals surface area contributed by atoms with Crippen LogP contribution in [0.3, 0.4) is 0 Å². The first kappa shape index (κ1) is 34.0. The molecule has 6 rings (SSSR count). The van der Waals surface area contributed by atoms with Crippen LogP contribution < -0.4 is 25.4 Å². The number of thiazole rings is 1. The maximum atomic E-state index is 13.2. The van der Waals surface area contributed by atoms with E-state index in [-0.39, 0.29) is 24.1 Å². The summed E-state index contributed by atoms with van der Waals surface area (Å²) in [7, 11) is 1.54. The van der Waals surface area contributed by atoms with Gasteiger partial charge in [-0.15, -0.1) is 0 Å². The van der Waals surface area contributed by atoms with Gasteiger partial charge in [0, 0.05) is 60.3 Å². The normalized spacial score (nSPS) is 13.8. The zero-order chi connectivity index (χ0) is 34.3. The molecule has 5 aromatic rings. The van der Waals surface area contributed by atoms with Gasteiger partial charge in [-0.05, 0) is 73.7 Å². The molecule has 4 N–H and O–H groups in total. The molecule has 11 nitrogen and oxygen atoms in total. The number of aliphatic hydroxyl groups is 1. The first-order chi connectivity index (χ1) is 23.8. The molecule has 3 heterocycles. The minimum Gasteiger partial charge on any atom is -0.493 e. The molecular weight excluding hydrogens is 641 g/mol. The number of aromatic nitrogens is 2. The molecule has 256 valence electrons. The van der Waals surface area contributed by atoms with Crippen molar-refractivity contribution < 1.29 is 24.2 Å². The van der Waals surface area contributed by atoms with Crippen molar-refractivity contribution in [2.24, 2.45) is 0 Å². The number of benzene rings is 3. The molecule has 0 aliphatic carbocycles. The van der Waals surface area contributed by atoms with Gasteiger partial charge in [0.15, 0.2) is 16.6 Å². The number of carbonyl (C=O) groups excluding carboxylic acids is 2. The van der Waals surface area contributed by atoms with Gasteiger partial charge in [-0.25, -0.2) is 9.78 Å². The highest BCUT2D eigenvalue weighted by Crippen LogP contribution is 2.37. The highest BCUT2D eigenvalue weighted by atomic mass is 32.1. The van der Waals surface area contributed by atoms with Gasteiger partial charge in [-0.2, -0.15) is 0 Å². The lowest BCUT2D eigenvalue weighted by atomic mass is 10.1. The Hall–Kier alpha value is -4.91. The second kappa shape index (κ2) is 15.5. The maximum absolute atomic E-state index is 13.2. The highest BCUT2D eigenvalue weighted by Gasteiger charge is 2.20. The quantitative estimate of drug-likeness (QED) is 0.108. The molecule has 0 radical (unpaired) electrons. The third-order valence-corrected chi connectivity index (χ3v) is 9.60. The summed E-state index contributed by atoms with van der Waals surface area (Å²) in [5.41, 5.74) is 4.34. The predicted molar refractivity (Wildman–Crippen MR) is 193 cm³/mol. The number of piperidine rings is 1. The molecule has 2 aromatic heterocycles. The molecule has 1 aliphatic heterocycles.